The van der Waals surface area contributed by atoms with E-state index in [1.165, 1.54) is 12.2 Å². The second-order valence-corrected chi connectivity index (χ2v) is 8.41. The number of hydrogen-bond donors (Lipinski definition) is 1. The summed E-state index contributed by atoms with van der Waals surface area (Å²) in [6.45, 7) is 5.86. The number of halogens is 4. The molecule has 2 nitrogen and oxygen atoms in total. The fourth-order valence-electron chi connectivity index (χ4n) is 3.35. The van der Waals surface area contributed by atoms with Gasteiger partial charge in [0.2, 0.25) is 5.91 Å². The molecule has 2 aromatic carbocycles. The molecule has 1 aliphatic carbocycles. The maximum Gasteiger partial charge on any atom is 0.399 e. The van der Waals surface area contributed by atoms with E-state index in [-0.39, 0.29) is 17.4 Å². The second-order valence-electron chi connectivity index (χ2n) is 8.00. The summed E-state index contributed by atoms with van der Waals surface area (Å²) in [4.78, 5) is 11.8. The Balaban J connectivity index is 1.78. The number of nitrogens with one attached hydrogen (secondary N) is 1. The van der Waals surface area contributed by atoms with Crippen LogP contribution in [0.1, 0.15) is 52.1 Å². The molecule has 1 unspecified atom stereocenters. The molecule has 30 heavy (non-hydrogen) atoms. The molecule has 0 aromatic heterocycles. The Morgan fingerprint density at radius 3 is 2.33 bits per heavy atom. The molecular formula is C24H25ClF3NO. The zero-order chi connectivity index (χ0) is 22.1. The molecular weight excluding hydrogens is 411 g/mol. The summed E-state index contributed by atoms with van der Waals surface area (Å²) in [6, 6.07) is 8.26. The number of benzene rings is 2. The quantitative estimate of drug-likeness (QED) is 0.540. The van der Waals surface area contributed by atoms with Gasteiger partial charge in [0.1, 0.15) is 0 Å². The minimum absolute atomic E-state index is 0.0201. The monoisotopic (exact) mass is 435 g/mol. The molecule has 1 amide bonds. The second kappa shape index (κ2) is 8.84. The highest BCUT2D eigenvalue weighted by molar-refractivity contribution is 6.31. The van der Waals surface area contributed by atoms with Crippen LogP contribution < -0.4 is 5.32 Å². The molecule has 0 saturated heterocycles. The molecule has 0 bridgehead atoms. The summed E-state index contributed by atoms with van der Waals surface area (Å²) in [5.41, 5.74) is 4.22. The third kappa shape index (κ3) is 5.45. The third-order valence-corrected chi connectivity index (χ3v) is 5.97. The first-order valence-electron chi connectivity index (χ1n) is 9.95. The first-order valence-corrected chi connectivity index (χ1v) is 10.3. The Morgan fingerprint density at radius 2 is 1.80 bits per heavy atom. The average Bonchev–Trinajstić information content (AvgIpc) is 3.49. The lowest BCUT2D eigenvalue weighted by atomic mass is 9.91. The van der Waals surface area contributed by atoms with Gasteiger partial charge in [0.25, 0.3) is 0 Å². The zero-order valence-electron chi connectivity index (χ0n) is 17.2. The van der Waals surface area contributed by atoms with Crippen LogP contribution in [-0.2, 0) is 11.3 Å². The fraction of sp³-hybridized carbons (Fsp3) is 0.375. The van der Waals surface area contributed by atoms with Crippen molar-refractivity contribution in [1.29, 1.82) is 0 Å². The molecule has 3 rings (SSSR count). The van der Waals surface area contributed by atoms with Gasteiger partial charge in [-0.1, -0.05) is 48.0 Å². The van der Waals surface area contributed by atoms with Crippen molar-refractivity contribution in [2.24, 2.45) is 5.92 Å². The third-order valence-electron chi connectivity index (χ3n) is 5.62. The minimum atomic E-state index is -4.40. The zero-order valence-corrected chi connectivity index (χ0v) is 18.0. The molecule has 1 atom stereocenters. The molecule has 0 aliphatic heterocycles. The van der Waals surface area contributed by atoms with Gasteiger partial charge in [-0.2, -0.15) is 13.2 Å². The molecule has 0 spiro atoms. The molecule has 1 saturated carbocycles. The summed E-state index contributed by atoms with van der Waals surface area (Å²) < 4.78 is 41.2. The standard InChI is InChI=1S/C24H25ClF3NO/c1-14-10-20(11-15(2)16(14)3)21(24(26,27)28)9-5-17-4-6-19(22(25)12-17)13-29-23(30)18-7-8-18/h4-6,9-12,18,21H,7-8,13H2,1-3H3,(H,29,30)/b9-5+. The Morgan fingerprint density at radius 1 is 1.17 bits per heavy atom. The van der Waals surface area contributed by atoms with Gasteiger partial charge in [-0.3, -0.25) is 4.79 Å². The van der Waals surface area contributed by atoms with Crippen LogP contribution in [0.25, 0.3) is 6.08 Å². The van der Waals surface area contributed by atoms with Crippen molar-refractivity contribution in [1.82, 2.24) is 5.32 Å². The van der Waals surface area contributed by atoms with Crippen molar-refractivity contribution in [2.75, 3.05) is 0 Å². The van der Waals surface area contributed by atoms with Gasteiger partial charge in [-0.15, -0.1) is 0 Å². The number of hydrogen-bond acceptors (Lipinski definition) is 1. The summed E-state index contributed by atoms with van der Waals surface area (Å²) in [7, 11) is 0. The lowest BCUT2D eigenvalue weighted by molar-refractivity contribution is -0.139. The Kier molecular flexibility index (Phi) is 6.61. The molecule has 1 aliphatic rings. The largest absolute Gasteiger partial charge is 0.399 e. The van der Waals surface area contributed by atoms with Gasteiger partial charge < -0.3 is 5.32 Å². The summed E-state index contributed by atoms with van der Waals surface area (Å²) >= 11 is 6.28. The SMILES string of the molecule is Cc1cc(C(/C=C/c2ccc(CNC(=O)C3CC3)c(Cl)c2)C(F)(F)F)cc(C)c1C. The smallest absolute Gasteiger partial charge is 0.352 e. The van der Waals surface area contributed by atoms with Crippen LogP contribution in [0.5, 0.6) is 0 Å². The predicted molar refractivity (Wildman–Crippen MR) is 115 cm³/mol. The van der Waals surface area contributed by atoms with Gasteiger partial charge in [0.05, 0.1) is 5.92 Å². The Labute approximate surface area is 180 Å². The summed E-state index contributed by atoms with van der Waals surface area (Å²) in [6.07, 6.45) is 0.0553. The molecule has 160 valence electrons. The van der Waals surface area contributed by atoms with Crippen LogP contribution in [0.4, 0.5) is 13.2 Å². The molecule has 1 fully saturated rings. The van der Waals surface area contributed by atoms with Crippen molar-refractivity contribution in [3.63, 3.8) is 0 Å². The van der Waals surface area contributed by atoms with Crippen LogP contribution in [0.15, 0.2) is 36.4 Å². The highest BCUT2D eigenvalue weighted by Gasteiger charge is 2.39. The summed E-state index contributed by atoms with van der Waals surface area (Å²) in [5.74, 6) is -1.57. The number of allylic oxidation sites excluding steroid dienone is 1. The minimum Gasteiger partial charge on any atom is -0.352 e. The number of alkyl halides is 3. The maximum atomic E-state index is 13.7. The lowest BCUT2D eigenvalue weighted by Gasteiger charge is -2.19. The normalized spacial score (nSPS) is 15.4. The topological polar surface area (TPSA) is 29.1 Å². The first kappa shape index (κ1) is 22.4. The van der Waals surface area contributed by atoms with E-state index in [1.54, 1.807) is 30.3 Å². The van der Waals surface area contributed by atoms with Crippen molar-refractivity contribution in [2.45, 2.75) is 52.3 Å². The Hall–Kier alpha value is -2.27. The van der Waals surface area contributed by atoms with Crippen molar-refractivity contribution in [3.05, 3.63) is 74.8 Å². The van der Waals surface area contributed by atoms with E-state index < -0.39 is 12.1 Å². The van der Waals surface area contributed by atoms with E-state index in [2.05, 4.69) is 5.32 Å². The number of amides is 1. The molecule has 6 heteroatoms. The van der Waals surface area contributed by atoms with Gasteiger partial charge in [0.15, 0.2) is 0 Å². The molecule has 0 heterocycles. The van der Waals surface area contributed by atoms with E-state index in [9.17, 15) is 18.0 Å². The van der Waals surface area contributed by atoms with Gasteiger partial charge in [-0.25, -0.2) is 0 Å². The van der Waals surface area contributed by atoms with Crippen molar-refractivity contribution in [3.8, 4) is 0 Å². The summed E-state index contributed by atoms with van der Waals surface area (Å²) in [5, 5.41) is 3.25. The van der Waals surface area contributed by atoms with E-state index in [4.69, 9.17) is 11.6 Å². The van der Waals surface area contributed by atoms with E-state index >= 15 is 0 Å². The molecule has 2 aromatic rings. The van der Waals surface area contributed by atoms with Gasteiger partial charge in [-0.05, 0) is 73.1 Å². The molecule has 0 radical (unpaired) electrons. The average molecular weight is 436 g/mol. The first-order chi connectivity index (χ1) is 14.1. The van der Waals surface area contributed by atoms with Crippen LogP contribution in [-0.4, -0.2) is 12.1 Å². The van der Waals surface area contributed by atoms with E-state index in [0.717, 1.165) is 35.1 Å². The van der Waals surface area contributed by atoms with Crippen molar-refractivity contribution >= 4 is 23.6 Å². The van der Waals surface area contributed by atoms with Crippen LogP contribution in [0, 0.1) is 26.7 Å². The lowest BCUT2D eigenvalue weighted by Crippen LogP contribution is -2.24. The maximum absolute atomic E-state index is 13.7. The van der Waals surface area contributed by atoms with Crippen LogP contribution in [0.3, 0.4) is 0 Å². The number of carbonyl (C=O) groups is 1. The fourth-order valence-corrected chi connectivity index (χ4v) is 3.60. The number of rotatable bonds is 6. The van der Waals surface area contributed by atoms with Gasteiger partial charge >= 0.3 is 6.18 Å². The van der Waals surface area contributed by atoms with Gasteiger partial charge in [0, 0.05) is 17.5 Å². The number of aryl methyl sites for hydroxylation is 2. The highest BCUT2D eigenvalue weighted by atomic mass is 35.5. The Bertz CT molecular complexity index is 954. The number of carbonyl (C=O) groups excluding carboxylic acids is 1. The van der Waals surface area contributed by atoms with Crippen LogP contribution >= 0.6 is 11.6 Å². The van der Waals surface area contributed by atoms with E-state index in [0.29, 0.717) is 17.1 Å². The highest BCUT2D eigenvalue weighted by Crippen LogP contribution is 2.38. The predicted octanol–water partition coefficient (Wildman–Crippen LogP) is 6.65. The van der Waals surface area contributed by atoms with Crippen molar-refractivity contribution < 1.29 is 18.0 Å². The van der Waals surface area contributed by atoms with E-state index in [1.807, 2.05) is 20.8 Å². The molecule has 1 N–H and O–H groups in total. The van der Waals surface area contributed by atoms with Crippen LogP contribution in [0.2, 0.25) is 5.02 Å².